The maximum atomic E-state index is 11.3. The van der Waals surface area contributed by atoms with Gasteiger partial charge in [0.2, 0.25) is 15.9 Å². The van der Waals surface area contributed by atoms with Gasteiger partial charge >= 0.3 is 0 Å². The predicted molar refractivity (Wildman–Crippen MR) is 67.3 cm³/mol. The molecule has 0 radical (unpaired) electrons. The largest absolute Gasteiger partial charge is 0.399 e. The summed E-state index contributed by atoms with van der Waals surface area (Å²) >= 11 is 0. The first-order valence-corrected chi connectivity index (χ1v) is 6.86. The smallest absolute Gasteiger partial charge is 0.238 e. The van der Waals surface area contributed by atoms with Crippen LogP contribution in [0.5, 0.6) is 0 Å². The lowest BCUT2D eigenvalue weighted by atomic mass is 10.2. The van der Waals surface area contributed by atoms with Crippen LogP contribution in [0.15, 0.2) is 23.1 Å². The Morgan fingerprint density at radius 3 is 2.61 bits per heavy atom. The minimum absolute atomic E-state index is 0.0388. The Morgan fingerprint density at radius 2 is 2.06 bits per heavy atom. The number of rotatable bonds is 3. The standard InChI is InChI=1S/C10H14N4O3S/c11-6-1-7(3-9(2-6)18(12,16)17)14-8-4-10(15)13-5-8/h1-3,8,14H,4-5,11H2,(H,13,15)(H2,12,16,17). The van der Waals surface area contributed by atoms with Crippen LogP contribution in [0.4, 0.5) is 11.4 Å². The van der Waals surface area contributed by atoms with Crippen LogP contribution in [0, 0.1) is 0 Å². The number of carbonyl (C=O) groups excluding carboxylic acids is 1. The molecule has 1 heterocycles. The van der Waals surface area contributed by atoms with E-state index < -0.39 is 10.0 Å². The fraction of sp³-hybridized carbons (Fsp3) is 0.300. The molecule has 0 aliphatic carbocycles. The summed E-state index contributed by atoms with van der Waals surface area (Å²) < 4.78 is 22.5. The molecule has 1 atom stereocenters. The third kappa shape index (κ3) is 2.90. The molecule has 1 aromatic rings. The van der Waals surface area contributed by atoms with Crippen LogP contribution in [-0.2, 0) is 14.8 Å². The molecule has 0 saturated carbocycles. The molecular formula is C10H14N4O3S. The fourth-order valence-electron chi connectivity index (χ4n) is 1.81. The average Bonchev–Trinajstić information content (AvgIpc) is 2.61. The van der Waals surface area contributed by atoms with Crippen molar-refractivity contribution in [2.24, 2.45) is 5.14 Å². The van der Waals surface area contributed by atoms with Crippen LogP contribution >= 0.6 is 0 Å². The number of hydrogen-bond acceptors (Lipinski definition) is 5. The third-order valence-electron chi connectivity index (χ3n) is 2.61. The number of benzene rings is 1. The number of hydrogen-bond donors (Lipinski definition) is 4. The molecule has 6 N–H and O–H groups in total. The van der Waals surface area contributed by atoms with Gasteiger partial charge in [-0.1, -0.05) is 0 Å². The number of nitrogens with one attached hydrogen (secondary N) is 2. The van der Waals surface area contributed by atoms with Gasteiger partial charge in [-0.25, -0.2) is 13.6 Å². The third-order valence-corrected chi connectivity index (χ3v) is 3.50. The SMILES string of the molecule is Nc1cc(NC2CNC(=O)C2)cc(S(N)(=O)=O)c1. The van der Waals surface area contributed by atoms with Crippen molar-refractivity contribution < 1.29 is 13.2 Å². The van der Waals surface area contributed by atoms with Crippen LogP contribution in [-0.4, -0.2) is 26.9 Å². The number of carbonyl (C=O) groups is 1. The van der Waals surface area contributed by atoms with Crippen LogP contribution < -0.4 is 21.5 Å². The average molecular weight is 270 g/mol. The van der Waals surface area contributed by atoms with Crippen molar-refractivity contribution in [3.63, 3.8) is 0 Å². The van der Waals surface area contributed by atoms with E-state index in [9.17, 15) is 13.2 Å². The first kappa shape index (κ1) is 12.7. The van der Waals surface area contributed by atoms with Crippen molar-refractivity contribution in [2.45, 2.75) is 17.4 Å². The summed E-state index contributed by atoms with van der Waals surface area (Å²) in [6, 6.07) is 4.21. The Hall–Kier alpha value is -1.80. The minimum Gasteiger partial charge on any atom is -0.399 e. The lowest BCUT2D eigenvalue weighted by Gasteiger charge is -2.13. The maximum Gasteiger partial charge on any atom is 0.238 e. The molecule has 98 valence electrons. The zero-order valence-electron chi connectivity index (χ0n) is 9.51. The van der Waals surface area contributed by atoms with Crippen molar-refractivity contribution in [3.8, 4) is 0 Å². The Bertz CT molecular complexity index is 585. The number of anilines is 2. The van der Waals surface area contributed by atoms with Crippen molar-refractivity contribution in [2.75, 3.05) is 17.6 Å². The number of nitrogens with two attached hydrogens (primary N) is 2. The van der Waals surface area contributed by atoms with E-state index in [1.165, 1.54) is 12.1 Å². The van der Waals surface area contributed by atoms with Gasteiger partial charge in [-0.2, -0.15) is 0 Å². The molecule has 0 bridgehead atoms. The van der Waals surface area contributed by atoms with Crippen molar-refractivity contribution >= 4 is 27.3 Å². The molecule has 1 aliphatic rings. The van der Waals surface area contributed by atoms with Gasteiger partial charge in [-0.3, -0.25) is 4.79 Å². The van der Waals surface area contributed by atoms with Gasteiger partial charge < -0.3 is 16.4 Å². The second-order valence-corrected chi connectivity index (χ2v) is 5.75. The van der Waals surface area contributed by atoms with E-state index >= 15 is 0 Å². The summed E-state index contributed by atoms with van der Waals surface area (Å²) in [6.07, 6.45) is 0.347. The first-order valence-electron chi connectivity index (χ1n) is 5.31. The van der Waals surface area contributed by atoms with E-state index in [1.54, 1.807) is 6.07 Å². The van der Waals surface area contributed by atoms with Crippen LogP contribution in [0.3, 0.4) is 0 Å². The highest BCUT2D eigenvalue weighted by Gasteiger charge is 2.21. The van der Waals surface area contributed by atoms with Crippen molar-refractivity contribution in [1.82, 2.24) is 5.32 Å². The summed E-state index contributed by atoms with van der Waals surface area (Å²) in [5, 5.41) is 10.8. The Kier molecular flexibility index (Phi) is 3.14. The van der Waals surface area contributed by atoms with E-state index in [0.717, 1.165) is 0 Å². The molecule has 1 amide bonds. The second-order valence-electron chi connectivity index (χ2n) is 4.19. The van der Waals surface area contributed by atoms with E-state index in [4.69, 9.17) is 10.9 Å². The summed E-state index contributed by atoms with van der Waals surface area (Å²) in [5.41, 5.74) is 6.44. The van der Waals surface area contributed by atoms with Gasteiger partial charge in [0.05, 0.1) is 10.9 Å². The van der Waals surface area contributed by atoms with Gasteiger partial charge in [-0.05, 0) is 18.2 Å². The molecule has 8 heteroatoms. The number of primary sulfonamides is 1. The molecule has 7 nitrogen and oxygen atoms in total. The lowest BCUT2D eigenvalue weighted by Crippen LogP contribution is -2.22. The molecule has 18 heavy (non-hydrogen) atoms. The zero-order chi connectivity index (χ0) is 13.3. The normalized spacial score (nSPS) is 19.6. The Labute approximate surface area is 105 Å². The lowest BCUT2D eigenvalue weighted by molar-refractivity contribution is -0.119. The zero-order valence-corrected chi connectivity index (χ0v) is 10.3. The molecular weight excluding hydrogens is 256 g/mol. The quantitative estimate of drug-likeness (QED) is 0.536. The predicted octanol–water partition coefficient (Wildman–Crippen LogP) is -0.783. The summed E-state index contributed by atoms with van der Waals surface area (Å²) in [7, 11) is -3.79. The minimum atomic E-state index is -3.79. The Balaban J connectivity index is 2.23. The summed E-state index contributed by atoms with van der Waals surface area (Å²) in [6.45, 7) is 0.498. The number of sulfonamides is 1. The molecule has 0 aromatic heterocycles. The number of amides is 1. The maximum absolute atomic E-state index is 11.3. The second kappa shape index (κ2) is 4.46. The summed E-state index contributed by atoms with van der Waals surface area (Å²) in [4.78, 5) is 11.0. The summed E-state index contributed by atoms with van der Waals surface area (Å²) in [5.74, 6) is -0.0388. The van der Waals surface area contributed by atoms with E-state index in [-0.39, 0.29) is 16.8 Å². The van der Waals surface area contributed by atoms with Gasteiger partial charge in [-0.15, -0.1) is 0 Å². The molecule has 1 unspecified atom stereocenters. The van der Waals surface area contributed by atoms with E-state index in [2.05, 4.69) is 10.6 Å². The van der Waals surface area contributed by atoms with Crippen molar-refractivity contribution in [3.05, 3.63) is 18.2 Å². The highest BCUT2D eigenvalue weighted by atomic mass is 32.2. The molecule has 1 aromatic carbocycles. The molecule has 1 fully saturated rings. The van der Waals surface area contributed by atoms with Crippen LogP contribution in [0.1, 0.15) is 6.42 Å². The number of nitrogen functional groups attached to an aromatic ring is 1. The molecule has 0 spiro atoms. The molecule has 1 saturated heterocycles. The highest BCUT2D eigenvalue weighted by molar-refractivity contribution is 7.89. The fourth-order valence-corrected chi connectivity index (χ4v) is 2.40. The monoisotopic (exact) mass is 270 g/mol. The van der Waals surface area contributed by atoms with Gasteiger partial charge in [0.1, 0.15) is 0 Å². The molecule has 1 aliphatic heterocycles. The van der Waals surface area contributed by atoms with Crippen LogP contribution in [0.2, 0.25) is 0 Å². The van der Waals surface area contributed by atoms with E-state index in [0.29, 0.717) is 24.3 Å². The van der Waals surface area contributed by atoms with Gasteiger partial charge in [0.25, 0.3) is 0 Å². The highest BCUT2D eigenvalue weighted by Crippen LogP contribution is 2.21. The Morgan fingerprint density at radius 1 is 1.33 bits per heavy atom. The van der Waals surface area contributed by atoms with Gasteiger partial charge in [0.15, 0.2) is 0 Å². The van der Waals surface area contributed by atoms with Crippen molar-refractivity contribution in [1.29, 1.82) is 0 Å². The van der Waals surface area contributed by atoms with Crippen LogP contribution in [0.25, 0.3) is 0 Å². The molecule has 2 rings (SSSR count). The first-order chi connectivity index (χ1) is 8.34. The van der Waals surface area contributed by atoms with Gasteiger partial charge in [0, 0.05) is 24.3 Å². The van der Waals surface area contributed by atoms with E-state index in [1.807, 2.05) is 0 Å². The topological polar surface area (TPSA) is 127 Å².